The summed E-state index contributed by atoms with van der Waals surface area (Å²) >= 11 is 0. The third-order valence-corrected chi connectivity index (χ3v) is 3.18. The summed E-state index contributed by atoms with van der Waals surface area (Å²) in [5.74, 6) is 0.641. The molecule has 0 N–H and O–H groups in total. The van der Waals surface area contributed by atoms with Crippen LogP contribution in [0.4, 0.5) is 0 Å². The van der Waals surface area contributed by atoms with Crippen LogP contribution in [0, 0.1) is 5.92 Å². The molecule has 0 radical (unpaired) electrons. The normalized spacial score (nSPS) is 29.2. The zero-order valence-electron chi connectivity index (χ0n) is 8.49. The lowest BCUT2D eigenvalue weighted by Gasteiger charge is -2.20. The summed E-state index contributed by atoms with van der Waals surface area (Å²) in [6.07, 6.45) is 3.47. The Hall–Kier alpha value is -0.570. The van der Waals surface area contributed by atoms with Crippen molar-refractivity contribution in [3.8, 4) is 0 Å². The molecular formula is C10H18N2O. The van der Waals surface area contributed by atoms with E-state index in [1.54, 1.807) is 0 Å². The second-order valence-electron chi connectivity index (χ2n) is 4.43. The van der Waals surface area contributed by atoms with Gasteiger partial charge in [-0.1, -0.05) is 0 Å². The first-order valence-electron chi connectivity index (χ1n) is 5.13. The fourth-order valence-corrected chi connectivity index (χ4v) is 2.07. The molecule has 1 saturated heterocycles. The molecule has 1 aliphatic heterocycles. The van der Waals surface area contributed by atoms with Gasteiger partial charge in [-0.25, -0.2) is 0 Å². The standard InChI is InChI=1S/C10H18N2O/c1-11-6-5-8(7-11)10(13)12(2)9-3-4-9/h8-9H,3-7H2,1-2H3. The van der Waals surface area contributed by atoms with Crippen molar-refractivity contribution in [3.05, 3.63) is 0 Å². The van der Waals surface area contributed by atoms with Crippen LogP contribution in [0.5, 0.6) is 0 Å². The van der Waals surface area contributed by atoms with Gasteiger partial charge in [-0.15, -0.1) is 0 Å². The molecule has 0 aromatic heterocycles. The van der Waals surface area contributed by atoms with Crippen LogP contribution in [0.25, 0.3) is 0 Å². The van der Waals surface area contributed by atoms with Gasteiger partial charge in [0.25, 0.3) is 0 Å². The predicted octanol–water partition coefficient (Wildman–Crippen LogP) is 0.559. The molecule has 2 fully saturated rings. The first-order chi connectivity index (χ1) is 6.18. The van der Waals surface area contributed by atoms with Crippen molar-refractivity contribution in [3.63, 3.8) is 0 Å². The van der Waals surface area contributed by atoms with Crippen molar-refractivity contribution in [1.82, 2.24) is 9.80 Å². The molecule has 3 nitrogen and oxygen atoms in total. The number of hydrogen-bond donors (Lipinski definition) is 0. The zero-order valence-corrected chi connectivity index (χ0v) is 8.49. The van der Waals surface area contributed by atoms with Crippen LogP contribution in [0.1, 0.15) is 19.3 Å². The Morgan fingerprint density at radius 1 is 1.38 bits per heavy atom. The SMILES string of the molecule is CN1CCC(C(=O)N(C)C2CC2)C1. The Balaban J connectivity index is 1.88. The summed E-state index contributed by atoms with van der Waals surface area (Å²) in [7, 11) is 4.04. The fraction of sp³-hybridized carbons (Fsp3) is 0.900. The number of carbonyl (C=O) groups excluding carboxylic acids is 1. The van der Waals surface area contributed by atoms with Gasteiger partial charge in [0.1, 0.15) is 0 Å². The van der Waals surface area contributed by atoms with Crippen molar-refractivity contribution in [1.29, 1.82) is 0 Å². The first-order valence-corrected chi connectivity index (χ1v) is 5.13. The average Bonchev–Trinajstić information content (AvgIpc) is 2.87. The zero-order chi connectivity index (χ0) is 9.42. The van der Waals surface area contributed by atoms with Crippen LogP contribution < -0.4 is 0 Å². The van der Waals surface area contributed by atoms with Crippen molar-refractivity contribution in [2.45, 2.75) is 25.3 Å². The third kappa shape index (κ3) is 1.85. The minimum absolute atomic E-state index is 0.274. The van der Waals surface area contributed by atoms with Crippen LogP contribution in [-0.4, -0.2) is 48.9 Å². The molecule has 0 aromatic rings. The van der Waals surface area contributed by atoms with E-state index in [1.807, 2.05) is 11.9 Å². The Kier molecular flexibility index (Phi) is 2.28. The van der Waals surface area contributed by atoms with Crippen LogP contribution >= 0.6 is 0 Å². The molecule has 1 aliphatic carbocycles. The molecule has 2 rings (SSSR count). The summed E-state index contributed by atoms with van der Waals surface area (Å²) in [6, 6.07) is 0.568. The molecule has 3 heteroatoms. The van der Waals surface area contributed by atoms with Crippen molar-refractivity contribution < 1.29 is 4.79 Å². The van der Waals surface area contributed by atoms with Gasteiger partial charge in [0.05, 0.1) is 5.92 Å². The third-order valence-electron chi connectivity index (χ3n) is 3.18. The van der Waals surface area contributed by atoms with Gasteiger partial charge in [-0.2, -0.15) is 0 Å². The minimum Gasteiger partial charge on any atom is -0.342 e. The summed E-state index contributed by atoms with van der Waals surface area (Å²) in [6.45, 7) is 2.03. The van der Waals surface area contributed by atoms with Crippen molar-refractivity contribution >= 4 is 5.91 Å². The summed E-state index contributed by atoms with van der Waals surface area (Å²) < 4.78 is 0. The average molecular weight is 182 g/mol. The highest BCUT2D eigenvalue weighted by atomic mass is 16.2. The number of rotatable bonds is 2. The Morgan fingerprint density at radius 3 is 2.54 bits per heavy atom. The lowest BCUT2D eigenvalue weighted by Crippen LogP contribution is -2.35. The molecular weight excluding hydrogens is 164 g/mol. The molecule has 2 aliphatic rings. The van der Waals surface area contributed by atoms with Crippen molar-refractivity contribution in [2.24, 2.45) is 5.92 Å². The highest BCUT2D eigenvalue weighted by Crippen LogP contribution is 2.28. The van der Waals surface area contributed by atoms with Gasteiger partial charge in [0.2, 0.25) is 5.91 Å². The van der Waals surface area contributed by atoms with Crippen LogP contribution in [-0.2, 0) is 4.79 Å². The Labute approximate surface area is 79.7 Å². The summed E-state index contributed by atoms with van der Waals surface area (Å²) in [5, 5.41) is 0. The van der Waals surface area contributed by atoms with E-state index in [1.165, 1.54) is 12.8 Å². The largest absolute Gasteiger partial charge is 0.342 e. The number of carbonyl (C=O) groups is 1. The van der Waals surface area contributed by atoms with Crippen LogP contribution in [0.15, 0.2) is 0 Å². The molecule has 0 aromatic carbocycles. The predicted molar refractivity (Wildman–Crippen MR) is 51.4 cm³/mol. The van der Waals surface area contributed by atoms with E-state index in [-0.39, 0.29) is 5.92 Å². The molecule has 1 heterocycles. The molecule has 1 saturated carbocycles. The molecule has 1 unspecified atom stereocenters. The second kappa shape index (κ2) is 3.29. The highest BCUT2D eigenvalue weighted by Gasteiger charge is 2.35. The summed E-state index contributed by atoms with van der Waals surface area (Å²) in [4.78, 5) is 16.1. The Morgan fingerprint density at radius 2 is 2.08 bits per heavy atom. The quantitative estimate of drug-likeness (QED) is 0.623. The Bertz CT molecular complexity index is 213. The van der Waals surface area contributed by atoms with Crippen LogP contribution in [0.2, 0.25) is 0 Å². The molecule has 1 atom stereocenters. The smallest absolute Gasteiger partial charge is 0.227 e. The summed E-state index contributed by atoms with van der Waals surface area (Å²) in [5.41, 5.74) is 0. The van der Waals surface area contributed by atoms with Gasteiger partial charge in [-0.05, 0) is 32.9 Å². The van der Waals surface area contributed by atoms with Gasteiger partial charge in [0, 0.05) is 19.6 Å². The number of hydrogen-bond acceptors (Lipinski definition) is 2. The van der Waals surface area contributed by atoms with E-state index in [0.717, 1.165) is 19.5 Å². The minimum atomic E-state index is 0.274. The number of nitrogens with zero attached hydrogens (tertiary/aromatic N) is 2. The molecule has 0 spiro atoms. The highest BCUT2D eigenvalue weighted by molar-refractivity contribution is 5.79. The van der Waals surface area contributed by atoms with E-state index >= 15 is 0 Å². The lowest BCUT2D eigenvalue weighted by molar-refractivity contribution is -0.134. The van der Waals surface area contributed by atoms with Gasteiger partial charge in [-0.3, -0.25) is 4.79 Å². The fourth-order valence-electron chi connectivity index (χ4n) is 2.07. The molecule has 0 bridgehead atoms. The first kappa shape index (κ1) is 9.00. The maximum atomic E-state index is 11.9. The van der Waals surface area contributed by atoms with Gasteiger partial charge in [0.15, 0.2) is 0 Å². The number of likely N-dealkylation sites (tertiary alicyclic amines) is 1. The van der Waals surface area contributed by atoms with Crippen LogP contribution in [0.3, 0.4) is 0 Å². The van der Waals surface area contributed by atoms with E-state index in [4.69, 9.17) is 0 Å². The number of amides is 1. The van der Waals surface area contributed by atoms with E-state index in [0.29, 0.717) is 11.9 Å². The topological polar surface area (TPSA) is 23.6 Å². The monoisotopic (exact) mass is 182 g/mol. The van der Waals surface area contributed by atoms with Crippen molar-refractivity contribution in [2.75, 3.05) is 27.2 Å². The second-order valence-corrected chi connectivity index (χ2v) is 4.43. The lowest BCUT2D eigenvalue weighted by atomic mass is 10.1. The van der Waals surface area contributed by atoms with E-state index < -0.39 is 0 Å². The molecule has 13 heavy (non-hydrogen) atoms. The van der Waals surface area contributed by atoms with E-state index in [2.05, 4.69) is 11.9 Å². The molecule has 1 amide bonds. The molecule has 74 valence electrons. The maximum Gasteiger partial charge on any atom is 0.227 e. The van der Waals surface area contributed by atoms with Gasteiger partial charge >= 0.3 is 0 Å². The van der Waals surface area contributed by atoms with E-state index in [9.17, 15) is 4.79 Å². The maximum absolute atomic E-state index is 11.9. The van der Waals surface area contributed by atoms with Gasteiger partial charge < -0.3 is 9.80 Å².